The molecule has 1 atom stereocenters. The fourth-order valence-corrected chi connectivity index (χ4v) is 1.67. The summed E-state index contributed by atoms with van der Waals surface area (Å²) in [6.45, 7) is -4.52. The molecule has 1 aliphatic rings. The molecule has 1 saturated heterocycles. The molecule has 0 aromatic heterocycles. The van der Waals surface area contributed by atoms with E-state index in [0.717, 1.165) is 12.1 Å². The molecule has 1 aromatic rings. The third-order valence-electron chi connectivity index (χ3n) is 2.51. The van der Waals surface area contributed by atoms with Crippen molar-refractivity contribution in [3.05, 3.63) is 24.0 Å². The van der Waals surface area contributed by atoms with Crippen LogP contribution in [0.15, 0.2) is 18.2 Å². The number of rotatable bonds is 3. The van der Waals surface area contributed by atoms with Crippen LogP contribution in [-0.4, -0.2) is 26.3 Å². The standard InChI is InChI=1S/C10H10BF4O2.K/c12-7-1-2-9(11(13,14)15)10(5-7)17-8-3-4-16-6-8;/h1-2,5,8H,3-4,6H2;/q-1;+1. The Kier molecular flexibility index (Phi) is 6.14. The fraction of sp³-hybridized carbons (Fsp3) is 0.400. The molecule has 1 unspecified atom stereocenters. The Morgan fingerprint density at radius 1 is 1.28 bits per heavy atom. The molecule has 2 rings (SSSR count). The molecule has 1 aromatic carbocycles. The summed E-state index contributed by atoms with van der Waals surface area (Å²) in [6.07, 6.45) is 0.0783. The average molecular weight is 288 g/mol. The molecule has 2 nitrogen and oxygen atoms in total. The molecular weight excluding hydrogens is 278 g/mol. The topological polar surface area (TPSA) is 18.5 Å². The molecule has 0 N–H and O–H groups in total. The number of ether oxygens (including phenoxy) is 2. The molecule has 0 spiro atoms. The van der Waals surface area contributed by atoms with E-state index in [1.807, 2.05) is 0 Å². The van der Waals surface area contributed by atoms with Gasteiger partial charge in [0.2, 0.25) is 0 Å². The van der Waals surface area contributed by atoms with Gasteiger partial charge in [-0.3, -0.25) is 0 Å². The van der Waals surface area contributed by atoms with E-state index in [0.29, 0.717) is 19.1 Å². The van der Waals surface area contributed by atoms with Gasteiger partial charge in [-0.1, -0.05) is 11.5 Å². The van der Waals surface area contributed by atoms with Crippen LogP contribution in [0, 0.1) is 5.82 Å². The summed E-state index contributed by atoms with van der Waals surface area (Å²) in [6, 6.07) is 2.26. The first-order valence-electron chi connectivity index (χ1n) is 5.20. The van der Waals surface area contributed by atoms with Gasteiger partial charge in [0.25, 0.3) is 0 Å². The maximum absolute atomic E-state index is 12.9. The third kappa shape index (κ3) is 4.21. The van der Waals surface area contributed by atoms with E-state index in [4.69, 9.17) is 9.47 Å². The number of halogens is 4. The molecule has 8 heteroatoms. The van der Waals surface area contributed by atoms with Crippen LogP contribution < -0.4 is 61.6 Å². The molecule has 1 aliphatic heterocycles. The van der Waals surface area contributed by atoms with Crippen molar-refractivity contribution in [3.63, 3.8) is 0 Å². The Morgan fingerprint density at radius 2 is 2.00 bits per heavy atom. The number of hydrogen-bond donors (Lipinski definition) is 0. The van der Waals surface area contributed by atoms with Crippen molar-refractivity contribution in [1.82, 2.24) is 0 Å². The van der Waals surface area contributed by atoms with Crippen molar-refractivity contribution in [1.29, 1.82) is 0 Å². The SMILES string of the molecule is Fc1ccc([B-](F)(F)F)c(OC2CCOC2)c1.[K+]. The first-order chi connectivity index (χ1) is 7.97. The summed E-state index contributed by atoms with van der Waals surface area (Å²) in [7, 11) is 0. The summed E-state index contributed by atoms with van der Waals surface area (Å²) in [5.74, 6) is -1.20. The van der Waals surface area contributed by atoms with Gasteiger partial charge in [0.15, 0.2) is 0 Å². The maximum Gasteiger partial charge on any atom is 1.00 e. The predicted octanol–water partition coefficient (Wildman–Crippen LogP) is -0.948. The number of hydrogen-bond acceptors (Lipinski definition) is 2. The fourth-order valence-electron chi connectivity index (χ4n) is 1.67. The van der Waals surface area contributed by atoms with Crippen molar-refractivity contribution >= 4 is 12.4 Å². The van der Waals surface area contributed by atoms with Crippen LogP contribution in [0.2, 0.25) is 0 Å². The van der Waals surface area contributed by atoms with Crippen molar-refractivity contribution in [3.8, 4) is 5.75 Å². The van der Waals surface area contributed by atoms with Crippen molar-refractivity contribution in [2.75, 3.05) is 13.2 Å². The Hall–Kier alpha value is 0.401. The summed E-state index contributed by atoms with van der Waals surface area (Å²) in [5, 5.41) is 0. The van der Waals surface area contributed by atoms with E-state index in [2.05, 4.69) is 0 Å². The molecule has 0 amide bonds. The quantitative estimate of drug-likeness (QED) is 0.527. The smallest absolute Gasteiger partial charge is 0.491 e. The van der Waals surface area contributed by atoms with Gasteiger partial charge in [-0.05, 0) is 6.07 Å². The first kappa shape index (κ1) is 16.5. The number of benzene rings is 1. The second-order valence-corrected chi connectivity index (χ2v) is 3.86. The van der Waals surface area contributed by atoms with Crippen LogP contribution in [0.4, 0.5) is 17.3 Å². The minimum atomic E-state index is -5.21. The van der Waals surface area contributed by atoms with E-state index in [1.54, 1.807) is 0 Å². The molecule has 1 heterocycles. The van der Waals surface area contributed by atoms with Gasteiger partial charge in [-0.15, -0.1) is 0 Å². The minimum Gasteiger partial charge on any atom is -0.491 e. The molecule has 0 bridgehead atoms. The van der Waals surface area contributed by atoms with E-state index < -0.39 is 30.1 Å². The first-order valence-corrected chi connectivity index (χ1v) is 5.20. The van der Waals surface area contributed by atoms with E-state index >= 15 is 0 Å². The Morgan fingerprint density at radius 3 is 2.56 bits per heavy atom. The van der Waals surface area contributed by atoms with Gasteiger partial charge in [-0.25, -0.2) is 4.39 Å². The van der Waals surface area contributed by atoms with Gasteiger partial charge in [0, 0.05) is 12.5 Å². The summed E-state index contributed by atoms with van der Waals surface area (Å²) < 4.78 is 61.1. The Bertz CT molecular complexity index is 407. The average Bonchev–Trinajstić information content (AvgIpc) is 2.68. The van der Waals surface area contributed by atoms with Gasteiger partial charge >= 0.3 is 58.4 Å². The third-order valence-corrected chi connectivity index (χ3v) is 2.51. The van der Waals surface area contributed by atoms with Gasteiger partial charge < -0.3 is 22.4 Å². The van der Waals surface area contributed by atoms with Crippen molar-refractivity contribution in [2.45, 2.75) is 12.5 Å². The second kappa shape index (κ2) is 6.72. The maximum atomic E-state index is 12.9. The Labute approximate surface area is 145 Å². The zero-order valence-corrected chi connectivity index (χ0v) is 13.0. The molecule has 0 aliphatic carbocycles. The van der Waals surface area contributed by atoms with E-state index in [-0.39, 0.29) is 58.0 Å². The van der Waals surface area contributed by atoms with Crippen LogP contribution >= 0.6 is 0 Å². The predicted molar refractivity (Wildman–Crippen MR) is 55.0 cm³/mol. The molecule has 18 heavy (non-hydrogen) atoms. The van der Waals surface area contributed by atoms with Gasteiger partial charge in [0.05, 0.1) is 19.0 Å². The molecule has 1 fully saturated rings. The summed E-state index contributed by atoms with van der Waals surface area (Å²) in [5.41, 5.74) is -0.904. The molecule has 0 radical (unpaired) electrons. The normalized spacial score (nSPS) is 19.4. The minimum absolute atomic E-state index is 0. The molecule has 0 saturated carbocycles. The molecular formula is C10H10BF4KO2. The van der Waals surface area contributed by atoms with Gasteiger partial charge in [0.1, 0.15) is 11.9 Å². The second-order valence-electron chi connectivity index (χ2n) is 3.86. The van der Waals surface area contributed by atoms with Crippen LogP contribution in [0.3, 0.4) is 0 Å². The van der Waals surface area contributed by atoms with Gasteiger partial charge in [-0.2, -0.15) is 0 Å². The zero-order valence-electron chi connectivity index (χ0n) is 9.84. The molecule has 94 valence electrons. The zero-order chi connectivity index (χ0) is 12.5. The Balaban J connectivity index is 0.00000162. The van der Waals surface area contributed by atoms with E-state index in [1.165, 1.54) is 0 Å². The van der Waals surface area contributed by atoms with Crippen molar-refractivity contribution < 1.29 is 78.2 Å². The summed E-state index contributed by atoms with van der Waals surface area (Å²) in [4.78, 5) is 0. The summed E-state index contributed by atoms with van der Waals surface area (Å²) >= 11 is 0. The van der Waals surface area contributed by atoms with Crippen molar-refractivity contribution in [2.24, 2.45) is 0 Å². The van der Waals surface area contributed by atoms with E-state index in [9.17, 15) is 17.3 Å². The van der Waals surface area contributed by atoms with Crippen LogP contribution in [-0.2, 0) is 4.74 Å². The van der Waals surface area contributed by atoms with Crippen LogP contribution in [0.5, 0.6) is 5.75 Å². The monoisotopic (exact) mass is 288 g/mol. The van der Waals surface area contributed by atoms with Crippen LogP contribution in [0.25, 0.3) is 0 Å². The largest absolute Gasteiger partial charge is 1.00 e. The van der Waals surface area contributed by atoms with Crippen LogP contribution in [0.1, 0.15) is 6.42 Å².